The molecule has 0 aliphatic carbocycles. The maximum Gasteiger partial charge on any atom is 0.141 e. The highest BCUT2D eigenvalue weighted by molar-refractivity contribution is 7.17. The number of hydrazine groups is 2. The summed E-state index contributed by atoms with van der Waals surface area (Å²) >= 11 is 1.86. The van der Waals surface area contributed by atoms with E-state index in [0.717, 1.165) is 30.0 Å². The van der Waals surface area contributed by atoms with Gasteiger partial charge in [-0.3, -0.25) is 5.43 Å². The maximum atomic E-state index is 6.15. The number of fused-ring (bicyclic) bond motifs is 1. The molecule has 33 heavy (non-hydrogen) atoms. The average molecular weight is 461 g/mol. The van der Waals surface area contributed by atoms with Crippen LogP contribution in [0.2, 0.25) is 0 Å². The van der Waals surface area contributed by atoms with Crippen molar-refractivity contribution >= 4 is 27.3 Å². The molecule has 1 aliphatic rings. The number of thiophene rings is 1. The van der Waals surface area contributed by atoms with Crippen molar-refractivity contribution in [3.8, 4) is 17.6 Å². The maximum absolute atomic E-state index is 6.15. The number of hydrogen-bond donors (Lipinski definition) is 2. The highest BCUT2D eigenvalue weighted by atomic mass is 32.1. The highest BCUT2D eigenvalue weighted by Gasteiger charge is 2.17. The van der Waals surface area contributed by atoms with Crippen LogP contribution in [0, 0.1) is 18.8 Å². The molecule has 1 aromatic heterocycles. The first-order valence-electron chi connectivity index (χ1n) is 11.5. The van der Waals surface area contributed by atoms with Gasteiger partial charge in [0.1, 0.15) is 18.2 Å². The third-order valence-corrected chi connectivity index (χ3v) is 7.02. The Labute approximate surface area is 200 Å². The fourth-order valence-electron chi connectivity index (χ4n) is 4.13. The van der Waals surface area contributed by atoms with Crippen LogP contribution in [0.3, 0.4) is 0 Å². The number of hydrogen-bond acceptors (Lipinski definition) is 6. The lowest BCUT2D eigenvalue weighted by Crippen LogP contribution is -2.36. The van der Waals surface area contributed by atoms with Gasteiger partial charge in [-0.2, -0.15) is 0 Å². The fourth-order valence-corrected chi connectivity index (χ4v) is 5.20. The van der Waals surface area contributed by atoms with Crippen LogP contribution < -0.4 is 15.7 Å². The number of nitrogens with zero attached hydrogens (tertiary/aromatic N) is 2. The predicted octanol–water partition coefficient (Wildman–Crippen LogP) is 5.90. The van der Waals surface area contributed by atoms with E-state index >= 15 is 0 Å². The van der Waals surface area contributed by atoms with Crippen LogP contribution in [0.1, 0.15) is 61.3 Å². The van der Waals surface area contributed by atoms with E-state index in [4.69, 9.17) is 4.74 Å². The van der Waals surface area contributed by atoms with Crippen LogP contribution >= 0.6 is 11.3 Å². The molecular weight excluding hydrogens is 428 g/mol. The molecule has 0 bridgehead atoms. The summed E-state index contributed by atoms with van der Waals surface area (Å²) in [5.74, 6) is 8.18. The Kier molecular flexibility index (Phi) is 7.54. The molecule has 0 fully saturated rings. The third kappa shape index (κ3) is 5.68. The van der Waals surface area contributed by atoms with Crippen molar-refractivity contribution in [2.75, 3.05) is 7.05 Å². The molecule has 0 unspecified atom stereocenters. The summed E-state index contributed by atoms with van der Waals surface area (Å²) in [5.41, 5.74) is 11.2. The first-order chi connectivity index (χ1) is 16.1. The molecule has 2 heterocycles. The number of benzene rings is 2. The van der Waals surface area contributed by atoms with Gasteiger partial charge in [-0.1, -0.05) is 37.5 Å². The molecular formula is C27H32N4OS. The van der Waals surface area contributed by atoms with Gasteiger partial charge in [-0.15, -0.1) is 27.9 Å². The summed E-state index contributed by atoms with van der Waals surface area (Å²) in [6.07, 6.45) is 4.33. The van der Waals surface area contributed by atoms with Crippen molar-refractivity contribution in [1.29, 1.82) is 0 Å². The van der Waals surface area contributed by atoms with Gasteiger partial charge in [0, 0.05) is 18.2 Å². The largest absolute Gasteiger partial charge is 0.489 e. The first kappa shape index (κ1) is 23.2. The first-order valence-corrected chi connectivity index (χ1v) is 12.4. The van der Waals surface area contributed by atoms with E-state index in [1.165, 1.54) is 39.6 Å². The summed E-state index contributed by atoms with van der Waals surface area (Å²) in [6, 6.07) is 12.9. The summed E-state index contributed by atoms with van der Waals surface area (Å²) in [4.78, 5) is 0. The van der Waals surface area contributed by atoms with E-state index in [2.05, 4.69) is 71.4 Å². The van der Waals surface area contributed by atoms with Crippen molar-refractivity contribution in [1.82, 2.24) is 16.1 Å². The standard InChI is InChI=1S/C27H32N4OS/c1-5-7-9-23-18-33-27-19(3)14-20(15-25(23)27)17-32-24-12-10-21(11-13-24)22(8-6-2)16-26-28-30-31(4)29-26/h10-15,18,22,30H,5,7,9,16-17H2,1-4H3,(H,28,29)/t22-/m0/s1. The van der Waals surface area contributed by atoms with Crippen LogP contribution in [0.5, 0.6) is 5.75 Å². The second-order valence-corrected chi connectivity index (χ2v) is 9.35. The molecule has 2 N–H and O–H groups in total. The zero-order valence-corrected chi connectivity index (χ0v) is 20.7. The molecule has 5 nitrogen and oxygen atoms in total. The molecule has 1 atom stereocenters. The Morgan fingerprint density at radius 1 is 1.21 bits per heavy atom. The number of ether oxygens (including phenoxy) is 1. The number of hydrazone groups is 1. The number of aryl methyl sites for hydroxylation is 2. The fraction of sp³-hybridized carbons (Fsp3) is 0.370. The van der Waals surface area contributed by atoms with Crippen LogP contribution in [-0.2, 0) is 13.0 Å². The number of nitrogens with one attached hydrogen (secondary N) is 2. The smallest absolute Gasteiger partial charge is 0.141 e. The van der Waals surface area contributed by atoms with Crippen molar-refractivity contribution in [2.24, 2.45) is 5.10 Å². The molecule has 6 heteroatoms. The van der Waals surface area contributed by atoms with Gasteiger partial charge >= 0.3 is 0 Å². The lowest BCUT2D eigenvalue weighted by Gasteiger charge is -2.13. The zero-order valence-electron chi connectivity index (χ0n) is 19.9. The van der Waals surface area contributed by atoms with E-state index < -0.39 is 0 Å². The number of unbranched alkanes of at least 4 members (excludes halogenated alkanes) is 1. The Morgan fingerprint density at radius 2 is 2.03 bits per heavy atom. The Morgan fingerprint density at radius 3 is 2.73 bits per heavy atom. The van der Waals surface area contributed by atoms with Crippen molar-refractivity contribution in [3.63, 3.8) is 0 Å². The van der Waals surface area contributed by atoms with Crippen molar-refractivity contribution < 1.29 is 4.74 Å². The monoisotopic (exact) mass is 460 g/mol. The van der Waals surface area contributed by atoms with Gasteiger partial charge in [0.15, 0.2) is 0 Å². The minimum absolute atomic E-state index is 0.0776. The predicted molar refractivity (Wildman–Crippen MR) is 138 cm³/mol. The van der Waals surface area contributed by atoms with Gasteiger partial charge < -0.3 is 4.74 Å². The molecule has 0 radical (unpaired) electrons. The van der Waals surface area contributed by atoms with Crippen LogP contribution in [-0.4, -0.2) is 18.0 Å². The van der Waals surface area contributed by atoms with Crippen LogP contribution in [0.25, 0.3) is 10.1 Å². The summed E-state index contributed by atoms with van der Waals surface area (Å²) in [7, 11) is 1.86. The van der Waals surface area contributed by atoms with Gasteiger partial charge in [0.25, 0.3) is 0 Å². The van der Waals surface area contributed by atoms with Crippen LogP contribution in [0.4, 0.5) is 0 Å². The Balaban J connectivity index is 1.44. The molecule has 1 aliphatic heterocycles. The molecule has 0 saturated heterocycles. The van der Waals surface area contributed by atoms with E-state index in [0.29, 0.717) is 6.61 Å². The second kappa shape index (κ2) is 10.7. The Bertz CT molecular complexity index is 1190. The lowest BCUT2D eigenvalue weighted by molar-refractivity contribution is 0.259. The van der Waals surface area contributed by atoms with E-state index in [1.54, 1.807) is 5.12 Å². The van der Waals surface area contributed by atoms with Crippen molar-refractivity contribution in [3.05, 3.63) is 64.0 Å². The van der Waals surface area contributed by atoms with Gasteiger partial charge in [-0.05, 0) is 77.9 Å². The van der Waals surface area contributed by atoms with Gasteiger partial charge in [-0.25, -0.2) is 5.12 Å². The molecule has 3 aromatic rings. The number of rotatable bonds is 9. The second-order valence-electron chi connectivity index (χ2n) is 8.47. The minimum Gasteiger partial charge on any atom is -0.489 e. The third-order valence-electron chi connectivity index (χ3n) is 5.84. The highest BCUT2D eigenvalue weighted by Crippen LogP contribution is 2.32. The molecule has 0 amide bonds. The molecule has 0 spiro atoms. The zero-order chi connectivity index (χ0) is 23.2. The quantitative estimate of drug-likeness (QED) is 0.391. The molecule has 0 saturated carbocycles. The molecule has 2 aromatic carbocycles. The molecule has 172 valence electrons. The normalized spacial score (nSPS) is 13.9. The SMILES string of the molecule is CC#C[C@@H](CC1=NN(C)NN1)c1ccc(OCc2cc(C)c3scc(CCCC)c3c2)cc1. The van der Waals surface area contributed by atoms with Crippen molar-refractivity contribution in [2.45, 2.75) is 59.0 Å². The molecule has 4 rings (SSSR count). The van der Waals surface area contributed by atoms with Crippen LogP contribution in [0.15, 0.2) is 46.9 Å². The summed E-state index contributed by atoms with van der Waals surface area (Å²) < 4.78 is 7.55. The number of amidine groups is 1. The van der Waals surface area contributed by atoms with E-state index in [-0.39, 0.29) is 5.92 Å². The average Bonchev–Trinajstić information content (AvgIpc) is 3.42. The van der Waals surface area contributed by atoms with Gasteiger partial charge in [0.2, 0.25) is 0 Å². The topological polar surface area (TPSA) is 48.9 Å². The summed E-state index contributed by atoms with van der Waals surface area (Å²) in [6.45, 7) is 6.89. The Hall–Kier alpha value is -3.01. The van der Waals surface area contributed by atoms with E-state index in [1.807, 2.05) is 37.4 Å². The lowest BCUT2D eigenvalue weighted by atomic mass is 9.95. The minimum atomic E-state index is 0.0776. The van der Waals surface area contributed by atoms with Gasteiger partial charge in [0.05, 0.1) is 5.92 Å². The van der Waals surface area contributed by atoms with E-state index in [9.17, 15) is 0 Å². The summed E-state index contributed by atoms with van der Waals surface area (Å²) in [5, 5.41) is 9.78.